The van der Waals surface area contributed by atoms with Gasteiger partial charge in [0.05, 0.1) is 15.7 Å². The number of halogens is 2. The van der Waals surface area contributed by atoms with Gasteiger partial charge in [-0.25, -0.2) is 9.69 Å². The highest BCUT2D eigenvalue weighted by Crippen LogP contribution is 2.29. The Labute approximate surface area is 120 Å². The summed E-state index contributed by atoms with van der Waals surface area (Å²) in [7, 11) is 1.54. The number of amides is 3. The normalized spacial score (nSPS) is 18.9. The zero-order valence-electron chi connectivity index (χ0n) is 10.2. The van der Waals surface area contributed by atoms with Crippen LogP contribution in [0.2, 0.25) is 10.0 Å². The fourth-order valence-corrected chi connectivity index (χ4v) is 2.12. The monoisotopic (exact) mass is 302 g/mol. The third-order valence-corrected chi connectivity index (χ3v) is 3.53. The molecule has 1 atom stereocenters. The average molecular weight is 303 g/mol. The third-order valence-electron chi connectivity index (χ3n) is 2.79. The van der Waals surface area contributed by atoms with Gasteiger partial charge in [0.15, 0.2) is 0 Å². The van der Waals surface area contributed by atoms with Gasteiger partial charge in [0, 0.05) is 20.1 Å². The number of hydrogen-bond donors (Lipinski definition) is 1. The summed E-state index contributed by atoms with van der Waals surface area (Å²) in [5.41, 5.74) is 0.400. The van der Waals surface area contributed by atoms with Crippen LogP contribution in [-0.4, -0.2) is 31.7 Å². The minimum atomic E-state index is -0.568. The molecular formula is C12H12Cl2N2O3. The van der Waals surface area contributed by atoms with Crippen LogP contribution >= 0.6 is 23.2 Å². The highest BCUT2D eigenvalue weighted by molar-refractivity contribution is 6.42. The number of hydrogen-bond acceptors (Lipinski definition) is 3. The van der Waals surface area contributed by atoms with E-state index in [0.29, 0.717) is 28.8 Å². The molecular weight excluding hydrogens is 291 g/mol. The van der Waals surface area contributed by atoms with E-state index in [1.165, 1.54) is 13.2 Å². The van der Waals surface area contributed by atoms with Gasteiger partial charge in [-0.15, -0.1) is 0 Å². The second-order valence-electron chi connectivity index (χ2n) is 4.06. The Morgan fingerprint density at radius 2 is 2.05 bits per heavy atom. The van der Waals surface area contributed by atoms with E-state index < -0.39 is 12.1 Å². The first-order chi connectivity index (χ1) is 9.04. The zero-order valence-corrected chi connectivity index (χ0v) is 11.7. The Morgan fingerprint density at radius 3 is 2.68 bits per heavy atom. The standard InChI is InChI=1S/C12H12Cl2N2O3/c1-19-5-4-10-11(17)16(12(18)15-10)7-2-3-8(13)9(14)6-7/h2-3,6,10H,4-5H2,1H3,(H,15,18). The molecule has 1 saturated heterocycles. The lowest BCUT2D eigenvalue weighted by molar-refractivity contribution is -0.118. The summed E-state index contributed by atoms with van der Waals surface area (Å²) in [6.07, 6.45) is 0.429. The van der Waals surface area contributed by atoms with Crippen molar-refractivity contribution < 1.29 is 14.3 Å². The molecule has 1 fully saturated rings. The molecule has 102 valence electrons. The van der Waals surface area contributed by atoms with Crippen LogP contribution in [0.1, 0.15) is 6.42 Å². The summed E-state index contributed by atoms with van der Waals surface area (Å²) in [5.74, 6) is -0.319. The van der Waals surface area contributed by atoms with Gasteiger partial charge in [0.25, 0.3) is 5.91 Å². The Balaban J connectivity index is 2.22. The Morgan fingerprint density at radius 1 is 1.32 bits per heavy atom. The maximum absolute atomic E-state index is 12.1. The molecule has 2 rings (SSSR count). The quantitative estimate of drug-likeness (QED) is 0.869. The number of carbonyl (C=O) groups excluding carboxylic acids is 2. The first kappa shape index (κ1) is 14.1. The van der Waals surface area contributed by atoms with Crippen molar-refractivity contribution in [3.63, 3.8) is 0 Å². The predicted octanol–water partition coefficient (Wildman–Crippen LogP) is 2.45. The summed E-state index contributed by atoms with van der Waals surface area (Å²) < 4.78 is 4.90. The lowest BCUT2D eigenvalue weighted by atomic mass is 10.2. The number of benzene rings is 1. The topological polar surface area (TPSA) is 58.6 Å². The number of ether oxygens (including phenoxy) is 1. The van der Waals surface area contributed by atoms with Crippen molar-refractivity contribution in [2.75, 3.05) is 18.6 Å². The van der Waals surface area contributed by atoms with Gasteiger partial charge in [-0.3, -0.25) is 4.79 Å². The second-order valence-corrected chi connectivity index (χ2v) is 4.87. The third kappa shape index (κ3) is 2.83. The number of nitrogens with one attached hydrogen (secondary N) is 1. The predicted molar refractivity (Wildman–Crippen MR) is 72.8 cm³/mol. The molecule has 3 amide bonds. The maximum atomic E-state index is 12.1. The molecule has 7 heteroatoms. The van der Waals surface area contributed by atoms with Crippen LogP contribution in [0.5, 0.6) is 0 Å². The fourth-order valence-electron chi connectivity index (χ4n) is 1.83. The smallest absolute Gasteiger partial charge is 0.329 e. The highest BCUT2D eigenvalue weighted by Gasteiger charge is 2.38. The molecule has 0 radical (unpaired) electrons. The molecule has 1 aromatic rings. The van der Waals surface area contributed by atoms with Gasteiger partial charge in [0.2, 0.25) is 0 Å². The maximum Gasteiger partial charge on any atom is 0.329 e. The number of carbonyl (C=O) groups is 2. The number of rotatable bonds is 4. The highest BCUT2D eigenvalue weighted by atomic mass is 35.5. The number of imide groups is 1. The molecule has 5 nitrogen and oxygen atoms in total. The fraction of sp³-hybridized carbons (Fsp3) is 0.333. The van der Waals surface area contributed by atoms with E-state index >= 15 is 0 Å². The number of methoxy groups -OCH3 is 1. The molecule has 0 aliphatic carbocycles. The van der Waals surface area contributed by atoms with E-state index in [2.05, 4.69) is 5.32 Å². The summed E-state index contributed by atoms with van der Waals surface area (Å²) in [6.45, 7) is 0.395. The largest absolute Gasteiger partial charge is 0.385 e. The zero-order chi connectivity index (χ0) is 14.0. The molecule has 0 saturated carbocycles. The number of urea groups is 1. The van der Waals surface area contributed by atoms with Crippen molar-refractivity contribution in [1.82, 2.24) is 5.32 Å². The van der Waals surface area contributed by atoms with Crippen LogP contribution in [-0.2, 0) is 9.53 Å². The van der Waals surface area contributed by atoms with E-state index in [1.807, 2.05) is 0 Å². The van der Waals surface area contributed by atoms with Gasteiger partial charge >= 0.3 is 6.03 Å². The van der Waals surface area contributed by atoms with E-state index in [1.54, 1.807) is 12.1 Å². The van der Waals surface area contributed by atoms with Crippen LogP contribution in [0, 0.1) is 0 Å². The van der Waals surface area contributed by atoms with Gasteiger partial charge in [-0.2, -0.15) is 0 Å². The van der Waals surface area contributed by atoms with E-state index in [-0.39, 0.29) is 5.91 Å². The first-order valence-corrected chi connectivity index (χ1v) is 6.38. The number of nitrogens with zero attached hydrogens (tertiary/aromatic N) is 1. The molecule has 1 unspecified atom stereocenters. The lowest BCUT2D eigenvalue weighted by Gasteiger charge is -2.13. The number of anilines is 1. The van der Waals surface area contributed by atoms with Crippen LogP contribution in [0.25, 0.3) is 0 Å². The Bertz CT molecular complexity index is 522. The van der Waals surface area contributed by atoms with Gasteiger partial charge in [0.1, 0.15) is 6.04 Å². The molecule has 19 heavy (non-hydrogen) atoms. The summed E-state index contributed by atoms with van der Waals surface area (Å²) in [5, 5.41) is 3.26. The molecule has 1 N–H and O–H groups in total. The summed E-state index contributed by atoms with van der Waals surface area (Å²) in [4.78, 5) is 25.0. The van der Waals surface area contributed by atoms with E-state index in [0.717, 1.165) is 4.90 Å². The van der Waals surface area contributed by atoms with Crippen LogP contribution in [0.3, 0.4) is 0 Å². The Hall–Kier alpha value is -1.30. The van der Waals surface area contributed by atoms with Gasteiger partial charge < -0.3 is 10.1 Å². The minimum Gasteiger partial charge on any atom is -0.385 e. The van der Waals surface area contributed by atoms with Crippen LogP contribution in [0.15, 0.2) is 18.2 Å². The van der Waals surface area contributed by atoms with E-state index in [9.17, 15) is 9.59 Å². The van der Waals surface area contributed by atoms with Crippen molar-refractivity contribution in [3.8, 4) is 0 Å². The Kier molecular flexibility index (Phi) is 4.29. The first-order valence-electron chi connectivity index (χ1n) is 5.63. The van der Waals surface area contributed by atoms with Crippen LogP contribution in [0.4, 0.5) is 10.5 Å². The molecule has 0 aromatic heterocycles. The molecule has 0 bridgehead atoms. The van der Waals surface area contributed by atoms with Gasteiger partial charge in [-0.1, -0.05) is 23.2 Å². The van der Waals surface area contributed by atoms with Crippen LogP contribution < -0.4 is 10.2 Å². The van der Waals surface area contributed by atoms with E-state index in [4.69, 9.17) is 27.9 Å². The minimum absolute atomic E-state index is 0.292. The van der Waals surface area contributed by atoms with Crippen molar-refractivity contribution in [1.29, 1.82) is 0 Å². The molecule has 1 aromatic carbocycles. The van der Waals surface area contributed by atoms with Crippen molar-refractivity contribution in [2.24, 2.45) is 0 Å². The molecule has 1 aliphatic heterocycles. The summed E-state index contributed by atoms with van der Waals surface area (Å²) in [6, 6.07) is 3.57. The molecule has 1 heterocycles. The molecule has 0 spiro atoms. The van der Waals surface area contributed by atoms with Crippen molar-refractivity contribution >= 4 is 40.8 Å². The van der Waals surface area contributed by atoms with Gasteiger partial charge in [-0.05, 0) is 18.2 Å². The summed E-state index contributed by atoms with van der Waals surface area (Å²) >= 11 is 11.7. The lowest BCUT2D eigenvalue weighted by Crippen LogP contribution is -2.31. The average Bonchev–Trinajstić information content (AvgIpc) is 2.65. The van der Waals surface area contributed by atoms with Crippen molar-refractivity contribution in [3.05, 3.63) is 28.2 Å². The second kappa shape index (κ2) is 5.77. The molecule has 1 aliphatic rings. The van der Waals surface area contributed by atoms with Crippen molar-refractivity contribution in [2.45, 2.75) is 12.5 Å². The SMILES string of the molecule is COCCC1NC(=O)N(c2ccc(Cl)c(Cl)c2)C1=O.